The number of hydrogen-bond acceptors (Lipinski definition) is 5. The minimum absolute atomic E-state index is 0.0364. The molecule has 5 heterocycles. The van der Waals surface area contributed by atoms with Crippen LogP contribution in [0.25, 0.3) is 0 Å². The lowest BCUT2D eigenvalue weighted by Crippen LogP contribution is -2.17. The molecule has 5 nitrogen and oxygen atoms in total. The second kappa shape index (κ2) is 8.80. The first-order valence-corrected chi connectivity index (χ1v) is 14.3. The van der Waals surface area contributed by atoms with Crippen LogP contribution < -0.4 is 0 Å². The molecule has 0 aromatic carbocycles. The second-order valence-electron chi connectivity index (χ2n) is 13.9. The third-order valence-corrected chi connectivity index (χ3v) is 9.90. The molecule has 0 aliphatic carbocycles. The highest BCUT2D eigenvalue weighted by atomic mass is 16.6. The standard InChI is InChI=1S/C30H50O5/c1-20(2)10-9-16-27(5)24(34-27)14-18-28(6)22(32-28)11-12-23-29(7,33-23)19-15-25-30(8,35-25)17-13-21-26(3,4)31-21/h10,21-25H,9,11-19H2,1-8H3/t21-,22-,23-,24-,25-,27-,28-,29-,30-/m0/s1. The number of allylic oxidation sites excluding steroid dienone is 2. The molecular weight excluding hydrogens is 440 g/mol. The Labute approximate surface area is 213 Å². The lowest BCUT2D eigenvalue weighted by atomic mass is 9.90. The molecular formula is C30H50O5. The third kappa shape index (κ3) is 6.00. The summed E-state index contributed by atoms with van der Waals surface area (Å²) >= 11 is 0. The van der Waals surface area contributed by atoms with E-state index in [9.17, 15) is 0 Å². The van der Waals surface area contributed by atoms with E-state index in [0.29, 0.717) is 30.5 Å². The van der Waals surface area contributed by atoms with Gasteiger partial charge in [0, 0.05) is 0 Å². The third-order valence-electron chi connectivity index (χ3n) is 9.90. The predicted octanol–water partition coefficient (Wildman–Crippen LogP) is 6.66. The molecule has 5 saturated heterocycles. The highest BCUT2D eigenvalue weighted by Gasteiger charge is 2.60. The van der Waals surface area contributed by atoms with Crippen molar-refractivity contribution >= 4 is 0 Å². The molecule has 5 fully saturated rings. The SMILES string of the molecule is CC(C)=CCC[C@]1(C)O[C@H]1CC[C@]1(C)O[C@H]1CC[C@@H]1O[C@@]1(C)CC[C@@H]1O[C@@]1(C)CC[C@@H]1OC1(C)C. The zero-order chi connectivity index (χ0) is 25.3. The van der Waals surface area contributed by atoms with Crippen molar-refractivity contribution in [2.75, 3.05) is 0 Å². The molecule has 0 spiro atoms. The number of rotatable bonds is 15. The Bertz CT molecular complexity index is 835. The van der Waals surface area contributed by atoms with E-state index >= 15 is 0 Å². The van der Waals surface area contributed by atoms with E-state index in [4.69, 9.17) is 23.7 Å². The van der Waals surface area contributed by atoms with Crippen LogP contribution >= 0.6 is 0 Å². The summed E-state index contributed by atoms with van der Waals surface area (Å²) in [5.74, 6) is 0. The quantitative estimate of drug-likeness (QED) is 0.190. The van der Waals surface area contributed by atoms with Crippen LogP contribution in [0.4, 0.5) is 0 Å². The maximum Gasteiger partial charge on any atom is 0.0923 e. The van der Waals surface area contributed by atoms with Crippen LogP contribution in [0.2, 0.25) is 0 Å². The average Bonchev–Trinajstić information content (AvgIpc) is 3.61. The molecule has 0 aromatic rings. The number of ether oxygens (including phenoxy) is 5. The van der Waals surface area contributed by atoms with Crippen molar-refractivity contribution in [2.24, 2.45) is 0 Å². The van der Waals surface area contributed by atoms with E-state index in [-0.39, 0.29) is 28.0 Å². The van der Waals surface area contributed by atoms with Gasteiger partial charge in [-0.1, -0.05) is 11.6 Å². The van der Waals surface area contributed by atoms with E-state index in [2.05, 4.69) is 61.5 Å². The second-order valence-corrected chi connectivity index (χ2v) is 13.9. The molecule has 5 rings (SSSR count). The topological polar surface area (TPSA) is 62.6 Å². The molecule has 0 radical (unpaired) electrons. The van der Waals surface area contributed by atoms with Gasteiger partial charge in [-0.2, -0.15) is 0 Å². The molecule has 0 aromatic heterocycles. The minimum Gasteiger partial charge on any atom is -0.367 e. The predicted molar refractivity (Wildman–Crippen MR) is 138 cm³/mol. The highest BCUT2D eigenvalue weighted by Crippen LogP contribution is 2.52. The Morgan fingerprint density at radius 2 is 0.857 bits per heavy atom. The fourth-order valence-corrected chi connectivity index (χ4v) is 6.44. The summed E-state index contributed by atoms with van der Waals surface area (Å²) in [4.78, 5) is 0. The monoisotopic (exact) mass is 490 g/mol. The first kappa shape index (κ1) is 26.2. The molecule has 9 atom stereocenters. The summed E-state index contributed by atoms with van der Waals surface area (Å²) in [5.41, 5.74) is 1.70. The smallest absolute Gasteiger partial charge is 0.0923 e. The van der Waals surface area contributed by atoms with Gasteiger partial charge >= 0.3 is 0 Å². The summed E-state index contributed by atoms with van der Waals surface area (Å²) in [6.45, 7) is 17.8. The minimum atomic E-state index is 0.0364. The Morgan fingerprint density at radius 3 is 1.23 bits per heavy atom. The molecule has 35 heavy (non-hydrogen) atoms. The van der Waals surface area contributed by atoms with Crippen molar-refractivity contribution in [2.45, 2.75) is 178 Å². The van der Waals surface area contributed by atoms with Gasteiger partial charge in [-0.15, -0.1) is 0 Å². The van der Waals surface area contributed by atoms with Crippen LogP contribution in [-0.4, -0.2) is 58.5 Å². The van der Waals surface area contributed by atoms with Crippen LogP contribution in [0.15, 0.2) is 11.6 Å². The summed E-state index contributed by atoms with van der Waals surface area (Å²) in [6, 6.07) is 0. The summed E-state index contributed by atoms with van der Waals surface area (Å²) < 4.78 is 30.2. The van der Waals surface area contributed by atoms with Gasteiger partial charge in [-0.25, -0.2) is 0 Å². The Kier molecular flexibility index (Phi) is 6.57. The fourth-order valence-electron chi connectivity index (χ4n) is 6.44. The largest absolute Gasteiger partial charge is 0.367 e. The van der Waals surface area contributed by atoms with Crippen molar-refractivity contribution < 1.29 is 23.7 Å². The molecule has 0 N–H and O–H groups in total. The fraction of sp³-hybridized carbons (Fsp3) is 0.933. The molecule has 0 bridgehead atoms. The van der Waals surface area contributed by atoms with E-state index in [0.717, 1.165) is 64.2 Å². The van der Waals surface area contributed by atoms with Gasteiger partial charge in [0.05, 0.1) is 58.5 Å². The Balaban J connectivity index is 0.934. The van der Waals surface area contributed by atoms with Crippen molar-refractivity contribution in [3.63, 3.8) is 0 Å². The molecule has 0 saturated carbocycles. The maximum absolute atomic E-state index is 6.17. The lowest BCUT2D eigenvalue weighted by molar-refractivity contribution is 0.262. The van der Waals surface area contributed by atoms with Crippen LogP contribution in [0.3, 0.4) is 0 Å². The summed E-state index contributed by atoms with van der Waals surface area (Å²) in [5, 5.41) is 0. The molecule has 5 aliphatic rings. The normalized spacial score (nSPS) is 48.4. The van der Waals surface area contributed by atoms with Gasteiger partial charge in [-0.3, -0.25) is 0 Å². The van der Waals surface area contributed by atoms with Crippen LogP contribution in [0.5, 0.6) is 0 Å². The zero-order valence-corrected chi connectivity index (χ0v) is 23.6. The number of hydrogen-bond donors (Lipinski definition) is 0. The maximum atomic E-state index is 6.17. The summed E-state index contributed by atoms with van der Waals surface area (Å²) in [6.07, 6.45) is 15.4. The number of epoxide rings is 5. The van der Waals surface area contributed by atoms with Crippen molar-refractivity contribution in [3.05, 3.63) is 11.6 Å². The van der Waals surface area contributed by atoms with Crippen molar-refractivity contribution in [1.29, 1.82) is 0 Å². The van der Waals surface area contributed by atoms with E-state index in [1.165, 1.54) is 5.57 Å². The van der Waals surface area contributed by atoms with Gasteiger partial charge in [0.25, 0.3) is 0 Å². The average molecular weight is 491 g/mol. The Hall–Kier alpha value is -0.460. The molecule has 200 valence electrons. The molecule has 5 aliphatic heterocycles. The van der Waals surface area contributed by atoms with Crippen LogP contribution in [-0.2, 0) is 23.7 Å². The van der Waals surface area contributed by atoms with Gasteiger partial charge in [0.1, 0.15) is 0 Å². The van der Waals surface area contributed by atoms with E-state index in [1.807, 2.05) is 0 Å². The van der Waals surface area contributed by atoms with Crippen LogP contribution in [0.1, 0.15) is 120 Å². The summed E-state index contributed by atoms with van der Waals surface area (Å²) in [7, 11) is 0. The molecule has 0 unspecified atom stereocenters. The van der Waals surface area contributed by atoms with E-state index in [1.54, 1.807) is 0 Å². The van der Waals surface area contributed by atoms with Crippen LogP contribution in [0, 0.1) is 0 Å². The van der Waals surface area contributed by atoms with Gasteiger partial charge < -0.3 is 23.7 Å². The van der Waals surface area contributed by atoms with Gasteiger partial charge in [0.2, 0.25) is 0 Å². The van der Waals surface area contributed by atoms with Gasteiger partial charge in [0.15, 0.2) is 0 Å². The van der Waals surface area contributed by atoms with Gasteiger partial charge in [-0.05, 0) is 120 Å². The van der Waals surface area contributed by atoms with Crippen molar-refractivity contribution in [3.8, 4) is 0 Å². The molecule has 0 amide bonds. The van der Waals surface area contributed by atoms with E-state index < -0.39 is 0 Å². The highest BCUT2D eigenvalue weighted by molar-refractivity contribution is 5.08. The first-order valence-electron chi connectivity index (χ1n) is 14.3. The Morgan fingerprint density at radius 1 is 0.514 bits per heavy atom. The lowest BCUT2D eigenvalue weighted by Gasteiger charge is -2.08. The molecule has 5 heteroatoms. The zero-order valence-electron chi connectivity index (χ0n) is 23.6. The first-order chi connectivity index (χ1) is 16.3. The van der Waals surface area contributed by atoms with Crippen molar-refractivity contribution in [1.82, 2.24) is 0 Å².